The zero-order chi connectivity index (χ0) is 15.4. The van der Waals surface area contributed by atoms with Crippen LogP contribution in [0.15, 0.2) is 18.2 Å². The summed E-state index contributed by atoms with van der Waals surface area (Å²) in [5.41, 5.74) is 0.729. The number of nitrogens with one attached hydrogen (secondary N) is 1. The Kier molecular flexibility index (Phi) is 6.33. The highest BCUT2D eigenvalue weighted by atomic mass is 35.5. The molecule has 0 radical (unpaired) electrons. The molecule has 0 aromatic heterocycles. The van der Waals surface area contributed by atoms with E-state index in [1.54, 1.807) is 18.2 Å². The number of halogens is 2. The Hall–Kier alpha value is -0.320. The quantitative estimate of drug-likeness (QED) is 0.869. The molecule has 0 amide bonds. The second-order valence-corrected chi connectivity index (χ2v) is 6.70. The summed E-state index contributed by atoms with van der Waals surface area (Å²) in [7, 11) is 0. The average Bonchev–Trinajstić information content (AvgIpc) is 2.45. The lowest BCUT2D eigenvalue weighted by Gasteiger charge is -2.37. The Morgan fingerprint density at radius 2 is 2.19 bits per heavy atom. The van der Waals surface area contributed by atoms with E-state index in [-0.39, 0.29) is 0 Å². The first-order valence-corrected chi connectivity index (χ1v) is 8.35. The summed E-state index contributed by atoms with van der Waals surface area (Å²) in [6.07, 6.45) is 0.516. The van der Waals surface area contributed by atoms with Crippen molar-refractivity contribution < 1.29 is 5.11 Å². The van der Waals surface area contributed by atoms with Crippen LogP contribution in [0.4, 0.5) is 0 Å². The van der Waals surface area contributed by atoms with Gasteiger partial charge in [-0.05, 0) is 37.6 Å². The van der Waals surface area contributed by atoms with E-state index in [9.17, 15) is 5.11 Å². The van der Waals surface area contributed by atoms with Gasteiger partial charge in [-0.25, -0.2) is 0 Å². The van der Waals surface area contributed by atoms with Gasteiger partial charge in [-0.3, -0.25) is 0 Å². The fourth-order valence-corrected chi connectivity index (χ4v) is 3.50. The molecule has 3 unspecified atom stereocenters. The molecule has 1 heterocycles. The molecule has 0 saturated carbocycles. The number of aliphatic hydroxyl groups excluding tert-OH is 1. The summed E-state index contributed by atoms with van der Waals surface area (Å²) >= 11 is 12.0. The van der Waals surface area contributed by atoms with E-state index in [0.717, 1.165) is 31.6 Å². The molecule has 2 N–H and O–H groups in total. The molecule has 0 spiro atoms. The number of nitrogens with zero attached hydrogens (tertiary/aromatic N) is 1. The summed E-state index contributed by atoms with van der Waals surface area (Å²) in [6, 6.07) is 5.67. The smallest absolute Gasteiger partial charge is 0.0928 e. The van der Waals surface area contributed by atoms with Crippen molar-refractivity contribution in [2.24, 2.45) is 5.92 Å². The van der Waals surface area contributed by atoms with Gasteiger partial charge in [0.1, 0.15) is 0 Å². The van der Waals surface area contributed by atoms with Gasteiger partial charge in [0.05, 0.1) is 6.10 Å². The Morgan fingerprint density at radius 3 is 2.81 bits per heavy atom. The van der Waals surface area contributed by atoms with Crippen LogP contribution in [0.3, 0.4) is 0 Å². The zero-order valence-corrected chi connectivity index (χ0v) is 14.2. The molecule has 2 rings (SSSR count). The fraction of sp³-hybridized carbons (Fsp3) is 0.625. The highest BCUT2D eigenvalue weighted by Gasteiger charge is 2.25. The van der Waals surface area contributed by atoms with Gasteiger partial charge in [0, 0.05) is 34.7 Å². The normalized spacial score (nSPS) is 25.0. The molecule has 5 heteroatoms. The molecule has 1 saturated heterocycles. The van der Waals surface area contributed by atoms with Gasteiger partial charge in [0.15, 0.2) is 0 Å². The fourth-order valence-electron chi connectivity index (χ4n) is 2.97. The maximum atomic E-state index is 10.3. The van der Waals surface area contributed by atoms with Crippen LogP contribution in [0.25, 0.3) is 0 Å². The highest BCUT2D eigenvalue weighted by molar-refractivity contribution is 6.35. The summed E-state index contributed by atoms with van der Waals surface area (Å²) in [6.45, 7) is 8.33. The number of aliphatic hydroxyl groups is 1. The van der Waals surface area contributed by atoms with Crippen LogP contribution in [-0.4, -0.2) is 42.2 Å². The van der Waals surface area contributed by atoms with Gasteiger partial charge in [-0.1, -0.05) is 43.1 Å². The third-order valence-corrected chi connectivity index (χ3v) is 4.89. The summed E-state index contributed by atoms with van der Waals surface area (Å²) in [4.78, 5) is 2.47. The Morgan fingerprint density at radius 1 is 1.43 bits per heavy atom. The molecule has 1 aliphatic heterocycles. The molecule has 0 aliphatic carbocycles. The van der Waals surface area contributed by atoms with Crippen molar-refractivity contribution >= 4 is 23.2 Å². The summed E-state index contributed by atoms with van der Waals surface area (Å²) in [5.74, 6) is 0.589. The van der Waals surface area contributed by atoms with E-state index in [0.29, 0.717) is 28.5 Å². The number of benzene rings is 1. The SMILES string of the molecule is CCN1CCC(NCC(O)c2ccc(Cl)cc2Cl)C(C)C1. The molecule has 21 heavy (non-hydrogen) atoms. The maximum Gasteiger partial charge on any atom is 0.0928 e. The predicted molar refractivity (Wildman–Crippen MR) is 89.1 cm³/mol. The lowest BCUT2D eigenvalue weighted by Crippen LogP contribution is -2.49. The third-order valence-electron chi connectivity index (χ3n) is 4.33. The molecule has 1 fully saturated rings. The van der Waals surface area contributed by atoms with Crippen molar-refractivity contribution in [2.75, 3.05) is 26.2 Å². The molecule has 1 aliphatic rings. The third kappa shape index (κ3) is 4.57. The number of rotatable bonds is 5. The van der Waals surface area contributed by atoms with Gasteiger partial charge in [0.25, 0.3) is 0 Å². The van der Waals surface area contributed by atoms with E-state index in [1.165, 1.54) is 0 Å². The van der Waals surface area contributed by atoms with Crippen molar-refractivity contribution in [3.8, 4) is 0 Å². The molecular weight excluding hydrogens is 307 g/mol. The number of hydrogen-bond donors (Lipinski definition) is 2. The van der Waals surface area contributed by atoms with Gasteiger partial charge in [-0.2, -0.15) is 0 Å². The molecule has 1 aromatic rings. The largest absolute Gasteiger partial charge is 0.387 e. The van der Waals surface area contributed by atoms with Crippen molar-refractivity contribution in [2.45, 2.75) is 32.4 Å². The maximum absolute atomic E-state index is 10.3. The predicted octanol–water partition coefficient (Wildman–Crippen LogP) is 3.35. The first kappa shape index (κ1) is 17.0. The lowest BCUT2D eigenvalue weighted by atomic mass is 9.93. The second kappa shape index (κ2) is 7.80. The Bertz CT molecular complexity index is 470. The van der Waals surface area contributed by atoms with Crippen molar-refractivity contribution in [1.82, 2.24) is 10.2 Å². The van der Waals surface area contributed by atoms with Crippen LogP contribution in [0.1, 0.15) is 31.9 Å². The molecule has 3 atom stereocenters. The topological polar surface area (TPSA) is 35.5 Å². The number of likely N-dealkylation sites (tertiary alicyclic amines) is 1. The zero-order valence-electron chi connectivity index (χ0n) is 12.6. The van der Waals surface area contributed by atoms with Crippen LogP contribution in [-0.2, 0) is 0 Å². The first-order valence-electron chi connectivity index (χ1n) is 7.60. The van der Waals surface area contributed by atoms with Crippen LogP contribution < -0.4 is 5.32 Å². The van der Waals surface area contributed by atoms with Gasteiger partial charge in [0.2, 0.25) is 0 Å². The number of hydrogen-bond acceptors (Lipinski definition) is 3. The minimum Gasteiger partial charge on any atom is -0.387 e. The van der Waals surface area contributed by atoms with Crippen molar-refractivity contribution in [3.05, 3.63) is 33.8 Å². The van der Waals surface area contributed by atoms with Crippen molar-refractivity contribution in [3.63, 3.8) is 0 Å². The van der Waals surface area contributed by atoms with E-state index in [2.05, 4.69) is 24.1 Å². The van der Waals surface area contributed by atoms with E-state index < -0.39 is 6.10 Å². The number of piperidine rings is 1. The van der Waals surface area contributed by atoms with Crippen LogP contribution in [0, 0.1) is 5.92 Å². The Balaban J connectivity index is 1.88. The molecule has 118 valence electrons. The van der Waals surface area contributed by atoms with Crippen LogP contribution in [0.5, 0.6) is 0 Å². The Labute approximate surface area is 137 Å². The minimum atomic E-state index is -0.605. The van der Waals surface area contributed by atoms with Gasteiger partial charge in [-0.15, -0.1) is 0 Å². The standard InChI is InChI=1S/C16H24Cl2N2O/c1-3-20-7-6-15(11(2)10-20)19-9-16(21)13-5-4-12(17)8-14(13)18/h4-5,8,11,15-16,19,21H,3,6-7,9-10H2,1-2H3. The lowest BCUT2D eigenvalue weighted by molar-refractivity contribution is 0.127. The van der Waals surface area contributed by atoms with Gasteiger partial charge < -0.3 is 15.3 Å². The van der Waals surface area contributed by atoms with Crippen LogP contribution >= 0.6 is 23.2 Å². The molecular formula is C16H24Cl2N2O. The minimum absolute atomic E-state index is 0.452. The molecule has 1 aromatic carbocycles. The summed E-state index contributed by atoms with van der Waals surface area (Å²) < 4.78 is 0. The first-order chi connectivity index (χ1) is 10.0. The molecule has 0 bridgehead atoms. The second-order valence-electron chi connectivity index (χ2n) is 5.86. The molecule has 3 nitrogen and oxygen atoms in total. The average molecular weight is 331 g/mol. The van der Waals surface area contributed by atoms with Gasteiger partial charge >= 0.3 is 0 Å². The highest BCUT2D eigenvalue weighted by Crippen LogP contribution is 2.26. The van der Waals surface area contributed by atoms with E-state index in [1.807, 2.05) is 0 Å². The monoisotopic (exact) mass is 330 g/mol. The van der Waals surface area contributed by atoms with E-state index in [4.69, 9.17) is 23.2 Å². The van der Waals surface area contributed by atoms with Crippen molar-refractivity contribution in [1.29, 1.82) is 0 Å². The van der Waals surface area contributed by atoms with E-state index >= 15 is 0 Å². The summed E-state index contributed by atoms with van der Waals surface area (Å²) in [5, 5.41) is 14.9. The van der Waals surface area contributed by atoms with Crippen LogP contribution in [0.2, 0.25) is 10.0 Å².